The molecule has 1 aliphatic carbocycles. The van der Waals surface area contributed by atoms with Crippen LogP contribution in [-0.4, -0.2) is 23.9 Å². The zero-order valence-electron chi connectivity index (χ0n) is 9.37. The lowest BCUT2D eigenvalue weighted by molar-refractivity contribution is -0.0252. The molecule has 0 radical (unpaired) electrons. The molecule has 15 heavy (non-hydrogen) atoms. The summed E-state index contributed by atoms with van der Waals surface area (Å²) in [7, 11) is 0. The Morgan fingerprint density at radius 1 is 1.13 bits per heavy atom. The van der Waals surface area contributed by atoms with Gasteiger partial charge in [-0.1, -0.05) is 19.3 Å². The third-order valence-electron chi connectivity index (χ3n) is 3.05. The Labute approximate surface area is 92.0 Å². The van der Waals surface area contributed by atoms with Crippen LogP contribution in [-0.2, 0) is 4.74 Å². The number of hydrogen-bond acceptors (Lipinski definition) is 3. The van der Waals surface area contributed by atoms with Gasteiger partial charge in [0.25, 0.3) is 0 Å². The van der Waals surface area contributed by atoms with Crippen LogP contribution >= 0.6 is 0 Å². The summed E-state index contributed by atoms with van der Waals surface area (Å²) < 4.78 is 5.67. The van der Waals surface area contributed by atoms with Crippen LogP contribution in [0.15, 0.2) is 0 Å². The summed E-state index contributed by atoms with van der Waals surface area (Å²) in [5.74, 6) is 0. The number of aliphatic hydroxyl groups excluding tert-OH is 1. The molecule has 0 bridgehead atoms. The number of rotatable bonds is 4. The molecule has 1 N–H and O–H groups in total. The van der Waals surface area contributed by atoms with Gasteiger partial charge in [0, 0.05) is 6.61 Å². The molecule has 3 heteroatoms. The predicted octanol–water partition coefficient (Wildman–Crippen LogP) is 2.39. The van der Waals surface area contributed by atoms with Crippen LogP contribution in [0.2, 0.25) is 0 Å². The Morgan fingerprint density at radius 2 is 1.73 bits per heavy atom. The first kappa shape index (κ1) is 12.5. The molecule has 1 saturated carbocycles. The van der Waals surface area contributed by atoms with Crippen molar-refractivity contribution in [2.24, 2.45) is 0 Å². The summed E-state index contributed by atoms with van der Waals surface area (Å²) >= 11 is 0. The van der Waals surface area contributed by atoms with Crippen LogP contribution in [0.1, 0.15) is 51.4 Å². The maximum atomic E-state index is 9.22. The highest BCUT2D eigenvalue weighted by Crippen LogP contribution is 2.29. The minimum absolute atomic E-state index is 0.140. The topological polar surface area (TPSA) is 53.2 Å². The Balaban J connectivity index is 2.44. The highest BCUT2D eigenvalue weighted by molar-refractivity contribution is 5.02. The van der Waals surface area contributed by atoms with Gasteiger partial charge in [0.15, 0.2) is 5.60 Å². The van der Waals surface area contributed by atoms with Gasteiger partial charge in [0.05, 0.1) is 12.7 Å². The van der Waals surface area contributed by atoms with Gasteiger partial charge >= 0.3 is 0 Å². The van der Waals surface area contributed by atoms with Gasteiger partial charge in [0.1, 0.15) is 0 Å². The van der Waals surface area contributed by atoms with Crippen molar-refractivity contribution in [1.82, 2.24) is 0 Å². The summed E-state index contributed by atoms with van der Waals surface area (Å²) in [5, 5.41) is 17.9. The summed E-state index contributed by atoms with van der Waals surface area (Å²) in [6.07, 6.45) is 8.24. The smallest absolute Gasteiger partial charge is 0.154 e. The van der Waals surface area contributed by atoms with Crippen molar-refractivity contribution in [3.05, 3.63) is 0 Å². The Kier molecular flexibility index (Phi) is 5.67. The van der Waals surface area contributed by atoms with Gasteiger partial charge < -0.3 is 9.84 Å². The molecule has 0 spiro atoms. The fraction of sp³-hybridized carbons (Fsp3) is 0.917. The van der Waals surface area contributed by atoms with Crippen molar-refractivity contribution in [2.45, 2.75) is 57.0 Å². The second-order valence-electron chi connectivity index (χ2n) is 4.30. The van der Waals surface area contributed by atoms with E-state index >= 15 is 0 Å². The molecule has 0 aliphatic heterocycles. The van der Waals surface area contributed by atoms with Crippen molar-refractivity contribution in [2.75, 3.05) is 13.2 Å². The molecule has 0 aromatic carbocycles. The third kappa shape index (κ3) is 4.19. The monoisotopic (exact) mass is 211 g/mol. The molecule has 0 unspecified atom stereocenters. The number of nitriles is 1. The van der Waals surface area contributed by atoms with E-state index in [-0.39, 0.29) is 6.61 Å². The number of ether oxygens (including phenoxy) is 1. The Hall–Kier alpha value is -0.590. The summed E-state index contributed by atoms with van der Waals surface area (Å²) in [6, 6.07) is 2.34. The predicted molar refractivity (Wildman–Crippen MR) is 58.3 cm³/mol. The molecule has 0 saturated heterocycles. The molecule has 1 fully saturated rings. The first-order valence-electron chi connectivity index (χ1n) is 5.99. The average Bonchev–Trinajstić information content (AvgIpc) is 2.22. The normalized spacial score (nSPS) is 21.3. The molecule has 86 valence electrons. The summed E-state index contributed by atoms with van der Waals surface area (Å²) in [4.78, 5) is 0. The van der Waals surface area contributed by atoms with E-state index in [9.17, 15) is 5.26 Å². The van der Waals surface area contributed by atoms with Gasteiger partial charge in [-0.3, -0.25) is 0 Å². The van der Waals surface area contributed by atoms with Crippen LogP contribution in [0.25, 0.3) is 0 Å². The molecule has 0 aromatic heterocycles. The van der Waals surface area contributed by atoms with E-state index in [0.29, 0.717) is 13.0 Å². The lowest BCUT2D eigenvalue weighted by Gasteiger charge is -2.28. The van der Waals surface area contributed by atoms with Gasteiger partial charge in [-0.25, -0.2) is 0 Å². The van der Waals surface area contributed by atoms with Gasteiger partial charge in [-0.2, -0.15) is 5.26 Å². The minimum Gasteiger partial charge on any atom is -0.396 e. The SMILES string of the molecule is N#CC1(OCCCO)CCCCCCC1. The van der Waals surface area contributed by atoms with E-state index in [4.69, 9.17) is 9.84 Å². The molecular weight excluding hydrogens is 190 g/mol. The fourth-order valence-corrected chi connectivity index (χ4v) is 2.10. The molecule has 0 atom stereocenters. The summed E-state index contributed by atoms with van der Waals surface area (Å²) in [6.45, 7) is 0.644. The third-order valence-corrected chi connectivity index (χ3v) is 3.05. The van der Waals surface area contributed by atoms with Crippen LogP contribution in [0.5, 0.6) is 0 Å². The van der Waals surface area contributed by atoms with Crippen LogP contribution in [0.3, 0.4) is 0 Å². The molecular formula is C12H21NO2. The highest BCUT2D eigenvalue weighted by atomic mass is 16.5. The Morgan fingerprint density at radius 3 is 2.27 bits per heavy atom. The van der Waals surface area contributed by atoms with Crippen LogP contribution < -0.4 is 0 Å². The molecule has 3 nitrogen and oxygen atoms in total. The van der Waals surface area contributed by atoms with Crippen molar-refractivity contribution in [3.63, 3.8) is 0 Å². The quantitative estimate of drug-likeness (QED) is 0.726. The van der Waals surface area contributed by atoms with Crippen molar-refractivity contribution in [1.29, 1.82) is 5.26 Å². The van der Waals surface area contributed by atoms with Gasteiger partial charge in [-0.05, 0) is 32.1 Å². The maximum Gasteiger partial charge on any atom is 0.154 e. The largest absolute Gasteiger partial charge is 0.396 e. The minimum atomic E-state index is -0.560. The molecule has 0 heterocycles. The molecule has 1 aliphatic rings. The first-order chi connectivity index (χ1) is 7.33. The standard InChI is InChI=1S/C12H21NO2/c13-11-12(15-10-6-9-14)7-4-2-1-3-5-8-12/h14H,1-10H2. The van der Waals surface area contributed by atoms with Crippen LogP contribution in [0, 0.1) is 11.3 Å². The van der Waals surface area contributed by atoms with E-state index in [1.165, 1.54) is 19.3 Å². The van der Waals surface area contributed by atoms with E-state index in [1.54, 1.807) is 0 Å². The highest BCUT2D eigenvalue weighted by Gasteiger charge is 2.30. The second kappa shape index (κ2) is 6.81. The maximum absolute atomic E-state index is 9.22. The van der Waals surface area contributed by atoms with Crippen LogP contribution in [0.4, 0.5) is 0 Å². The molecule has 0 amide bonds. The fourth-order valence-electron chi connectivity index (χ4n) is 2.10. The lowest BCUT2D eigenvalue weighted by atomic mass is 9.88. The summed E-state index contributed by atoms with van der Waals surface area (Å²) in [5.41, 5.74) is -0.560. The van der Waals surface area contributed by atoms with E-state index in [2.05, 4.69) is 6.07 Å². The van der Waals surface area contributed by atoms with E-state index in [1.807, 2.05) is 0 Å². The second-order valence-corrected chi connectivity index (χ2v) is 4.30. The average molecular weight is 211 g/mol. The van der Waals surface area contributed by atoms with Gasteiger partial charge in [-0.15, -0.1) is 0 Å². The number of nitrogens with zero attached hydrogens (tertiary/aromatic N) is 1. The number of hydrogen-bond donors (Lipinski definition) is 1. The van der Waals surface area contributed by atoms with Crippen molar-refractivity contribution in [3.8, 4) is 6.07 Å². The van der Waals surface area contributed by atoms with E-state index < -0.39 is 5.60 Å². The first-order valence-corrected chi connectivity index (χ1v) is 5.99. The molecule has 0 aromatic rings. The lowest BCUT2D eigenvalue weighted by Crippen LogP contribution is -2.32. The number of aliphatic hydroxyl groups is 1. The molecule has 1 rings (SSSR count). The zero-order valence-corrected chi connectivity index (χ0v) is 9.37. The Bertz CT molecular complexity index is 202. The van der Waals surface area contributed by atoms with E-state index in [0.717, 1.165) is 25.7 Å². The van der Waals surface area contributed by atoms with Gasteiger partial charge in [0.2, 0.25) is 0 Å². The van der Waals surface area contributed by atoms with Crippen molar-refractivity contribution >= 4 is 0 Å². The van der Waals surface area contributed by atoms with Crippen molar-refractivity contribution < 1.29 is 9.84 Å². The zero-order chi connectivity index (χ0) is 11.0.